The van der Waals surface area contributed by atoms with Crippen LogP contribution < -0.4 is 10.6 Å². The zero-order chi connectivity index (χ0) is 13.3. The fourth-order valence-corrected chi connectivity index (χ4v) is 2.79. The van der Waals surface area contributed by atoms with Gasteiger partial charge in [-0.2, -0.15) is 0 Å². The number of aliphatic hydroxyl groups is 1. The summed E-state index contributed by atoms with van der Waals surface area (Å²) in [5.74, 6) is 0. The van der Waals surface area contributed by atoms with Crippen molar-refractivity contribution in [2.75, 3.05) is 18.0 Å². The molecule has 2 rings (SSSR count). The second-order valence-electron chi connectivity index (χ2n) is 5.48. The lowest BCUT2D eigenvalue weighted by Gasteiger charge is -2.38. The minimum absolute atomic E-state index is 0.0138. The summed E-state index contributed by atoms with van der Waals surface area (Å²) in [6.45, 7) is 5.69. The fourth-order valence-electron chi connectivity index (χ4n) is 2.41. The van der Waals surface area contributed by atoms with Crippen LogP contribution in [0.1, 0.15) is 38.3 Å². The van der Waals surface area contributed by atoms with Gasteiger partial charge in [0.25, 0.3) is 0 Å². The summed E-state index contributed by atoms with van der Waals surface area (Å²) in [6, 6.07) is 6.27. The van der Waals surface area contributed by atoms with Gasteiger partial charge in [-0.25, -0.2) is 0 Å². The Morgan fingerprint density at radius 1 is 1.39 bits per heavy atom. The zero-order valence-electron chi connectivity index (χ0n) is 11.0. The third-order valence-electron chi connectivity index (χ3n) is 3.66. The van der Waals surface area contributed by atoms with Gasteiger partial charge in [0, 0.05) is 29.3 Å². The van der Waals surface area contributed by atoms with Crippen molar-refractivity contribution < 1.29 is 5.11 Å². The Morgan fingerprint density at radius 2 is 2.00 bits per heavy atom. The third-order valence-corrected chi connectivity index (χ3v) is 4.15. The maximum atomic E-state index is 10.0. The van der Waals surface area contributed by atoms with Gasteiger partial charge in [0.1, 0.15) is 0 Å². The largest absolute Gasteiger partial charge is 0.390 e. The number of nitrogens with two attached hydrogens (primary N) is 1. The summed E-state index contributed by atoms with van der Waals surface area (Å²) in [5.41, 5.74) is 7.89. The minimum Gasteiger partial charge on any atom is -0.390 e. The molecule has 0 spiro atoms. The van der Waals surface area contributed by atoms with Gasteiger partial charge in [0.2, 0.25) is 0 Å². The van der Waals surface area contributed by atoms with E-state index in [1.54, 1.807) is 0 Å². The molecule has 4 heteroatoms. The molecule has 0 bridgehead atoms. The normalized spacial score (nSPS) is 20.8. The van der Waals surface area contributed by atoms with Crippen LogP contribution in [0, 0.1) is 0 Å². The predicted octanol–water partition coefficient (Wildman–Crippen LogP) is 2.82. The Kier molecular flexibility index (Phi) is 3.99. The van der Waals surface area contributed by atoms with E-state index in [4.69, 9.17) is 5.73 Å². The van der Waals surface area contributed by atoms with E-state index in [2.05, 4.69) is 33.0 Å². The van der Waals surface area contributed by atoms with E-state index < -0.39 is 5.60 Å². The highest BCUT2D eigenvalue weighted by Gasteiger charge is 2.28. The zero-order valence-corrected chi connectivity index (χ0v) is 12.6. The number of hydrogen-bond acceptors (Lipinski definition) is 3. The van der Waals surface area contributed by atoms with Crippen molar-refractivity contribution in [3.05, 3.63) is 28.2 Å². The Bertz CT molecular complexity index is 422. The van der Waals surface area contributed by atoms with Crippen LogP contribution in [-0.4, -0.2) is 23.8 Å². The summed E-state index contributed by atoms with van der Waals surface area (Å²) in [5, 5.41) is 10.0. The van der Waals surface area contributed by atoms with Gasteiger partial charge in [-0.05, 0) is 50.5 Å². The molecule has 1 atom stereocenters. The van der Waals surface area contributed by atoms with Crippen LogP contribution >= 0.6 is 15.9 Å². The first-order chi connectivity index (χ1) is 8.39. The Balaban J connectivity index is 2.24. The number of halogens is 1. The van der Waals surface area contributed by atoms with Gasteiger partial charge in [-0.15, -0.1) is 0 Å². The Hall–Kier alpha value is -0.580. The smallest absolute Gasteiger partial charge is 0.0653 e. The van der Waals surface area contributed by atoms with Crippen LogP contribution in [0.4, 0.5) is 5.69 Å². The molecule has 0 aromatic heterocycles. The second kappa shape index (κ2) is 5.19. The molecule has 3 N–H and O–H groups in total. The van der Waals surface area contributed by atoms with Crippen molar-refractivity contribution in [3.63, 3.8) is 0 Å². The number of hydrogen-bond donors (Lipinski definition) is 2. The van der Waals surface area contributed by atoms with Gasteiger partial charge < -0.3 is 15.7 Å². The highest BCUT2D eigenvalue weighted by Crippen LogP contribution is 2.32. The first-order valence-corrected chi connectivity index (χ1v) is 7.21. The average Bonchev–Trinajstić information content (AvgIpc) is 2.29. The first kappa shape index (κ1) is 13.8. The lowest BCUT2D eigenvalue weighted by molar-refractivity contribution is 0.0351. The lowest BCUT2D eigenvalue weighted by Crippen LogP contribution is -2.43. The molecule has 0 radical (unpaired) electrons. The van der Waals surface area contributed by atoms with Crippen LogP contribution in [0.15, 0.2) is 22.7 Å². The van der Waals surface area contributed by atoms with E-state index in [-0.39, 0.29) is 6.04 Å². The predicted molar refractivity (Wildman–Crippen MR) is 78.8 cm³/mol. The third kappa shape index (κ3) is 3.05. The minimum atomic E-state index is -0.514. The molecule has 0 aliphatic carbocycles. The van der Waals surface area contributed by atoms with Crippen molar-refractivity contribution in [2.24, 2.45) is 5.73 Å². The monoisotopic (exact) mass is 312 g/mol. The van der Waals surface area contributed by atoms with E-state index in [0.717, 1.165) is 36.0 Å². The van der Waals surface area contributed by atoms with Crippen molar-refractivity contribution >= 4 is 21.6 Å². The molecule has 1 saturated heterocycles. The highest BCUT2D eigenvalue weighted by molar-refractivity contribution is 9.10. The van der Waals surface area contributed by atoms with E-state index in [9.17, 15) is 5.11 Å². The van der Waals surface area contributed by atoms with E-state index in [1.165, 1.54) is 5.69 Å². The fraction of sp³-hybridized carbons (Fsp3) is 0.571. The van der Waals surface area contributed by atoms with Crippen LogP contribution in [0.3, 0.4) is 0 Å². The molecule has 1 aliphatic rings. The van der Waals surface area contributed by atoms with Crippen molar-refractivity contribution in [2.45, 2.75) is 38.3 Å². The molecule has 1 aromatic carbocycles. The SMILES string of the molecule is CC(N)c1cc(Br)ccc1N1CCC(C)(O)CC1. The molecule has 1 unspecified atom stereocenters. The van der Waals surface area contributed by atoms with Crippen LogP contribution in [0.5, 0.6) is 0 Å². The number of anilines is 1. The number of benzene rings is 1. The molecule has 100 valence electrons. The summed E-state index contributed by atoms with van der Waals surface area (Å²) in [7, 11) is 0. The van der Waals surface area contributed by atoms with Gasteiger partial charge in [0.15, 0.2) is 0 Å². The second-order valence-corrected chi connectivity index (χ2v) is 6.39. The molecule has 0 saturated carbocycles. The number of rotatable bonds is 2. The van der Waals surface area contributed by atoms with E-state index in [0.29, 0.717) is 0 Å². The molecule has 1 heterocycles. The maximum Gasteiger partial charge on any atom is 0.0653 e. The molecule has 1 fully saturated rings. The summed E-state index contributed by atoms with van der Waals surface area (Å²) in [6.07, 6.45) is 1.61. The standard InChI is InChI=1S/C14H21BrN2O/c1-10(16)12-9-11(15)3-4-13(12)17-7-5-14(2,18)6-8-17/h3-4,9-10,18H,5-8,16H2,1-2H3. The van der Waals surface area contributed by atoms with Crippen LogP contribution in [0.2, 0.25) is 0 Å². The number of nitrogens with zero attached hydrogens (tertiary/aromatic N) is 1. The van der Waals surface area contributed by atoms with Crippen molar-refractivity contribution in [1.29, 1.82) is 0 Å². The topological polar surface area (TPSA) is 49.5 Å². The molecule has 0 amide bonds. The quantitative estimate of drug-likeness (QED) is 0.883. The summed E-state index contributed by atoms with van der Waals surface area (Å²) < 4.78 is 1.06. The number of piperidine rings is 1. The summed E-state index contributed by atoms with van der Waals surface area (Å²) in [4.78, 5) is 2.32. The average molecular weight is 313 g/mol. The van der Waals surface area contributed by atoms with Crippen LogP contribution in [-0.2, 0) is 0 Å². The molecular weight excluding hydrogens is 292 g/mol. The molecule has 18 heavy (non-hydrogen) atoms. The summed E-state index contributed by atoms with van der Waals surface area (Å²) >= 11 is 3.49. The molecule has 3 nitrogen and oxygen atoms in total. The van der Waals surface area contributed by atoms with Crippen molar-refractivity contribution in [1.82, 2.24) is 0 Å². The van der Waals surface area contributed by atoms with E-state index in [1.807, 2.05) is 19.9 Å². The molecule has 1 aromatic rings. The van der Waals surface area contributed by atoms with Gasteiger partial charge in [-0.1, -0.05) is 15.9 Å². The van der Waals surface area contributed by atoms with Crippen molar-refractivity contribution in [3.8, 4) is 0 Å². The van der Waals surface area contributed by atoms with E-state index >= 15 is 0 Å². The van der Waals surface area contributed by atoms with Gasteiger partial charge in [0.05, 0.1) is 5.60 Å². The Morgan fingerprint density at radius 3 is 2.56 bits per heavy atom. The van der Waals surface area contributed by atoms with Gasteiger partial charge >= 0.3 is 0 Å². The lowest BCUT2D eigenvalue weighted by atomic mass is 9.93. The Labute approximate surface area is 117 Å². The maximum absolute atomic E-state index is 10.0. The van der Waals surface area contributed by atoms with Crippen LogP contribution in [0.25, 0.3) is 0 Å². The molecular formula is C14H21BrN2O. The molecule has 1 aliphatic heterocycles. The highest BCUT2D eigenvalue weighted by atomic mass is 79.9. The first-order valence-electron chi connectivity index (χ1n) is 6.41. The van der Waals surface area contributed by atoms with Gasteiger partial charge in [-0.3, -0.25) is 0 Å².